The number of hydrogen-bond donors (Lipinski definition) is 0. The minimum Gasteiger partial charge on any atom is -0.0991 e. The molecule has 0 heteroatoms. The molecule has 0 heterocycles. The maximum absolute atomic E-state index is 3.64. The zero-order valence-electron chi connectivity index (χ0n) is 6.06. The zero-order chi connectivity index (χ0) is 6.74. The van der Waals surface area contributed by atoms with Gasteiger partial charge in [-0.05, 0) is 24.7 Å². The van der Waals surface area contributed by atoms with Crippen molar-refractivity contribution in [3.05, 3.63) is 24.8 Å². The van der Waals surface area contributed by atoms with E-state index in [1.165, 1.54) is 19.3 Å². The first-order valence-corrected chi connectivity index (χ1v) is 3.63. The molecule has 0 bridgehead atoms. The Morgan fingerprint density at radius 3 is 2.56 bits per heavy atom. The molecule has 0 aliphatic heterocycles. The van der Waals surface area contributed by atoms with Gasteiger partial charge >= 0.3 is 0 Å². The zero-order valence-corrected chi connectivity index (χ0v) is 6.06. The van der Waals surface area contributed by atoms with Crippen LogP contribution >= 0.6 is 0 Å². The number of rotatable bonds is 3. The van der Waals surface area contributed by atoms with Gasteiger partial charge in [-0.1, -0.05) is 31.7 Å². The molecular weight excluding hydrogens is 108 g/mol. The van der Waals surface area contributed by atoms with Gasteiger partial charge in [-0.2, -0.15) is 0 Å². The summed E-state index contributed by atoms with van der Waals surface area (Å²) in [5.41, 5.74) is 0.591. The summed E-state index contributed by atoms with van der Waals surface area (Å²) in [5.74, 6) is 0. The topological polar surface area (TPSA) is 0 Å². The van der Waals surface area contributed by atoms with Gasteiger partial charge in [-0.3, -0.25) is 0 Å². The van der Waals surface area contributed by atoms with E-state index in [2.05, 4.69) is 25.7 Å². The highest BCUT2D eigenvalue weighted by atomic mass is 14.4. The second-order valence-corrected chi connectivity index (χ2v) is 2.81. The van der Waals surface area contributed by atoms with Crippen LogP contribution in [0.4, 0.5) is 0 Å². The van der Waals surface area contributed by atoms with Crippen molar-refractivity contribution in [3.63, 3.8) is 0 Å². The van der Waals surface area contributed by atoms with Crippen LogP contribution in [0.25, 0.3) is 0 Å². The van der Waals surface area contributed by atoms with E-state index in [0.717, 1.165) is 0 Å². The fourth-order valence-electron chi connectivity index (χ4n) is 1.07. The molecule has 1 aliphatic rings. The summed E-state index contributed by atoms with van der Waals surface area (Å²) >= 11 is 0. The van der Waals surface area contributed by atoms with Crippen LogP contribution < -0.4 is 0 Å². The lowest BCUT2D eigenvalue weighted by Crippen LogP contribution is -1.89. The Balaban J connectivity index is 2.41. The van der Waals surface area contributed by atoms with Gasteiger partial charge in [0.05, 0.1) is 0 Å². The van der Waals surface area contributed by atoms with Gasteiger partial charge in [0.25, 0.3) is 0 Å². The second kappa shape index (κ2) is 2.38. The van der Waals surface area contributed by atoms with E-state index in [0.29, 0.717) is 5.41 Å². The van der Waals surface area contributed by atoms with E-state index in [1.807, 2.05) is 6.08 Å². The van der Waals surface area contributed by atoms with Gasteiger partial charge in [0.1, 0.15) is 0 Å². The summed E-state index contributed by atoms with van der Waals surface area (Å²) in [7, 11) is 0. The molecule has 0 saturated heterocycles. The first-order valence-electron chi connectivity index (χ1n) is 3.63. The lowest BCUT2D eigenvalue weighted by atomic mass is 10.0. The normalized spacial score (nSPS) is 22.3. The van der Waals surface area contributed by atoms with E-state index in [-0.39, 0.29) is 0 Å². The Hall–Kier alpha value is -0.520. The highest BCUT2D eigenvalue weighted by molar-refractivity contribution is 5.12. The fraction of sp³-hybridized carbons (Fsp3) is 0.556. The summed E-state index contributed by atoms with van der Waals surface area (Å²) in [6.07, 6.45) is 10.3. The third-order valence-electron chi connectivity index (χ3n) is 2.18. The molecule has 0 N–H and O–H groups in total. The Morgan fingerprint density at radius 1 is 1.56 bits per heavy atom. The summed E-state index contributed by atoms with van der Waals surface area (Å²) in [6.45, 7) is 5.89. The predicted molar refractivity (Wildman–Crippen MR) is 41.3 cm³/mol. The Bertz CT molecular complexity index is 127. The smallest absolute Gasteiger partial charge is 0.0117 e. The minimum absolute atomic E-state index is 0.591. The molecule has 1 fully saturated rings. The standard InChI is InChI=1S/C9H14/c1-3-5-6-9(4-2)7-8-9/h3,5-6H,1,4,7-8H2,2H3/b6-5-. The number of hydrogen-bond acceptors (Lipinski definition) is 0. The van der Waals surface area contributed by atoms with E-state index >= 15 is 0 Å². The highest BCUT2D eigenvalue weighted by Gasteiger charge is 2.37. The number of allylic oxidation sites excluding steroid dienone is 3. The minimum atomic E-state index is 0.591. The SMILES string of the molecule is C=C/C=C\C1(CC)CC1. The quantitative estimate of drug-likeness (QED) is 0.505. The maximum Gasteiger partial charge on any atom is -0.0117 e. The van der Waals surface area contributed by atoms with Gasteiger partial charge in [-0.15, -0.1) is 0 Å². The monoisotopic (exact) mass is 122 g/mol. The molecule has 0 radical (unpaired) electrons. The van der Waals surface area contributed by atoms with Gasteiger partial charge in [-0.25, -0.2) is 0 Å². The maximum atomic E-state index is 3.64. The summed E-state index contributed by atoms with van der Waals surface area (Å²) in [6, 6.07) is 0. The van der Waals surface area contributed by atoms with Crippen LogP contribution in [0.2, 0.25) is 0 Å². The molecule has 9 heavy (non-hydrogen) atoms. The van der Waals surface area contributed by atoms with Gasteiger partial charge in [0.2, 0.25) is 0 Å². The molecule has 0 atom stereocenters. The Labute approximate surface area is 57.3 Å². The van der Waals surface area contributed by atoms with E-state index < -0.39 is 0 Å². The molecule has 0 nitrogen and oxygen atoms in total. The average molecular weight is 122 g/mol. The summed E-state index contributed by atoms with van der Waals surface area (Å²) in [5, 5.41) is 0. The van der Waals surface area contributed by atoms with Crippen molar-refractivity contribution in [1.82, 2.24) is 0 Å². The first-order chi connectivity index (χ1) is 4.33. The first kappa shape index (κ1) is 6.60. The molecule has 0 aromatic rings. The molecule has 1 rings (SSSR count). The Kier molecular flexibility index (Phi) is 1.75. The van der Waals surface area contributed by atoms with Crippen molar-refractivity contribution in [2.75, 3.05) is 0 Å². The average Bonchev–Trinajstić information content (AvgIpc) is 2.65. The van der Waals surface area contributed by atoms with Crippen LogP contribution in [0, 0.1) is 5.41 Å². The van der Waals surface area contributed by atoms with Crippen molar-refractivity contribution >= 4 is 0 Å². The molecule has 1 saturated carbocycles. The van der Waals surface area contributed by atoms with Crippen LogP contribution in [0.3, 0.4) is 0 Å². The van der Waals surface area contributed by atoms with E-state index in [9.17, 15) is 0 Å². The van der Waals surface area contributed by atoms with Crippen molar-refractivity contribution in [2.45, 2.75) is 26.2 Å². The molecule has 0 aromatic heterocycles. The molecule has 1 aliphatic carbocycles. The molecule has 0 unspecified atom stereocenters. The van der Waals surface area contributed by atoms with E-state index in [1.54, 1.807) is 0 Å². The molecule has 50 valence electrons. The van der Waals surface area contributed by atoms with Gasteiger partial charge in [0, 0.05) is 0 Å². The Morgan fingerprint density at radius 2 is 2.22 bits per heavy atom. The third-order valence-corrected chi connectivity index (χ3v) is 2.18. The molecule has 0 aromatic carbocycles. The van der Waals surface area contributed by atoms with Crippen LogP contribution in [-0.2, 0) is 0 Å². The lowest BCUT2D eigenvalue weighted by molar-refractivity contribution is 0.625. The summed E-state index contributed by atoms with van der Waals surface area (Å²) < 4.78 is 0. The predicted octanol–water partition coefficient (Wildman–Crippen LogP) is 2.92. The fourth-order valence-corrected chi connectivity index (χ4v) is 1.07. The van der Waals surface area contributed by atoms with Crippen LogP contribution in [-0.4, -0.2) is 0 Å². The van der Waals surface area contributed by atoms with E-state index in [4.69, 9.17) is 0 Å². The van der Waals surface area contributed by atoms with Crippen molar-refractivity contribution in [3.8, 4) is 0 Å². The van der Waals surface area contributed by atoms with Crippen molar-refractivity contribution in [1.29, 1.82) is 0 Å². The highest BCUT2D eigenvalue weighted by Crippen LogP contribution is 2.49. The van der Waals surface area contributed by atoms with Crippen LogP contribution in [0.5, 0.6) is 0 Å². The molecule has 0 amide bonds. The molecule has 0 spiro atoms. The van der Waals surface area contributed by atoms with Crippen molar-refractivity contribution < 1.29 is 0 Å². The van der Waals surface area contributed by atoms with Gasteiger partial charge in [0.15, 0.2) is 0 Å². The molecular formula is C9H14. The van der Waals surface area contributed by atoms with Crippen LogP contribution in [0.15, 0.2) is 24.8 Å². The largest absolute Gasteiger partial charge is 0.0991 e. The van der Waals surface area contributed by atoms with Crippen molar-refractivity contribution in [2.24, 2.45) is 5.41 Å². The summed E-state index contributed by atoms with van der Waals surface area (Å²) in [4.78, 5) is 0. The third kappa shape index (κ3) is 1.44. The lowest BCUT2D eigenvalue weighted by Gasteiger charge is -2.01. The second-order valence-electron chi connectivity index (χ2n) is 2.81. The van der Waals surface area contributed by atoms with Crippen LogP contribution in [0.1, 0.15) is 26.2 Å². The van der Waals surface area contributed by atoms with Gasteiger partial charge < -0.3 is 0 Å².